The van der Waals surface area contributed by atoms with Crippen molar-refractivity contribution >= 4 is 0 Å². The molecule has 5 nitrogen and oxygen atoms in total. The van der Waals surface area contributed by atoms with Gasteiger partial charge in [-0.2, -0.15) is 0 Å². The van der Waals surface area contributed by atoms with Crippen LogP contribution >= 0.6 is 0 Å². The molecular formula is C30H39FN4O. The van der Waals surface area contributed by atoms with Gasteiger partial charge in [0, 0.05) is 30.8 Å². The molecule has 4 rings (SSSR count). The maximum absolute atomic E-state index is 13.6. The third-order valence-electron chi connectivity index (χ3n) is 7.21. The van der Waals surface area contributed by atoms with Crippen molar-refractivity contribution in [3.63, 3.8) is 0 Å². The molecule has 0 radical (unpaired) electrons. The largest absolute Gasteiger partial charge is 0.505 e. The number of aromatic nitrogens is 2. The second-order valence-electron chi connectivity index (χ2n) is 9.83. The van der Waals surface area contributed by atoms with E-state index in [1.54, 1.807) is 6.07 Å². The first-order valence-electron chi connectivity index (χ1n) is 13.4. The van der Waals surface area contributed by atoms with Crippen LogP contribution in [-0.2, 0) is 19.4 Å². The number of hydrogen-bond acceptors (Lipinski definition) is 5. The fraction of sp³-hybridized carbons (Fsp3) is 0.467. The SMILES string of the molecule is CCCN1CCC(N(CC)Cc2cccc(-c3ccnc(CCCc4ccc(O)c(F)c4)n3)c2)CC1. The minimum atomic E-state index is -0.575. The number of hydrogen-bond donors (Lipinski definition) is 1. The summed E-state index contributed by atoms with van der Waals surface area (Å²) < 4.78 is 13.6. The van der Waals surface area contributed by atoms with Gasteiger partial charge in [-0.05, 0) is 93.7 Å². The molecule has 1 aliphatic heterocycles. The molecule has 0 unspecified atom stereocenters. The first-order chi connectivity index (χ1) is 17.6. The topological polar surface area (TPSA) is 52.5 Å². The molecule has 6 heteroatoms. The van der Waals surface area contributed by atoms with Crippen molar-refractivity contribution in [2.45, 2.75) is 65.0 Å². The van der Waals surface area contributed by atoms with Crippen LogP contribution in [0.15, 0.2) is 54.7 Å². The molecule has 0 saturated carbocycles. The van der Waals surface area contributed by atoms with Gasteiger partial charge in [-0.25, -0.2) is 14.4 Å². The minimum Gasteiger partial charge on any atom is -0.505 e. The van der Waals surface area contributed by atoms with Crippen LogP contribution in [0, 0.1) is 5.82 Å². The molecule has 1 N–H and O–H groups in total. The van der Waals surface area contributed by atoms with E-state index in [1.165, 1.54) is 56.6 Å². The Kier molecular flexibility index (Phi) is 9.42. The average Bonchev–Trinajstić information content (AvgIpc) is 2.90. The Morgan fingerprint density at radius 2 is 1.86 bits per heavy atom. The summed E-state index contributed by atoms with van der Waals surface area (Å²) in [5.74, 6) is -0.0863. The second kappa shape index (κ2) is 12.9. The van der Waals surface area contributed by atoms with Gasteiger partial charge in [-0.15, -0.1) is 0 Å². The van der Waals surface area contributed by atoms with Crippen molar-refractivity contribution in [2.24, 2.45) is 0 Å². The third-order valence-corrected chi connectivity index (χ3v) is 7.21. The molecule has 2 heterocycles. The predicted molar refractivity (Wildman–Crippen MR) is 143 cm³/mol. The van der Waals surface area contributed by atoms with Gasteiger partial charge >= 0.3 is 0 Å². The lowest BCUT2D eigenvalue weighted by atomic mass is 10.0. The molecular weight excluding hydrogens is 451 g/mol. The van der Waals surface area contributed by atoms with Gasteiger partial charge in [0.25, 0.3) is 0 Å². The van der Waals surface area contributed by atoms with Crippen molar-refractivity contribution in [3.8, 4) is 17.0 Å². The molecule has 1 aromatic heterocycles. The molecule has 192 valence electrons. The van der Waals surface area contributed by atoms with E-state index in [4.69, 9.17) is 4.98 Å². The minimum absolute atomic E-state index is 0.309. The molecule has 0 bridgehead atoms. The Hall–Kier alpha value is -2.83. The van der Waals surface area contributed by atoms with E-state index in [1.807, 2.05) is 12.3 Å². The molecule has 0 atom stereocenters. The highest BCUT2D eigenvalue weighted by Gasteiger charge is 2.23. The number of aromatic hydroxyl groups is 1. The first kappa shape index (κ1) is 26.2. The van der Waals surface area contributed by atoms with E-state index in [-0.39, 0.29) is 5.75 Å². The molecule has 1 fully saturated rings. The standard InChI is InChI=1S/C30H39FN4O/c1-3-17-34-18-14-26(15-19-34)35(4-2)22-24-8-5-9-25(20-24)28-13-16-32-30(33-28)10-6-7-23-11-12-29(36)27(31)21-23/h5,8-9,11-13,16,20-21,26,36H,3-4,6-7,10,14-15,17-19,22H2,1-2H3. The highest BCUT2D eigenvalue weighted by atomic mass is 19.1. The zero-order valence-corrected chi connectivity index (χ0v) is 21.7. The van der Waals surface area contributed by atoms with Gasteiger partial charge in [-0.1, -0.05) is 38.1 Å². The van der Waals surface area contributed by atoms with E-state index in [2.05, 4.69) is 52.9 Å². The van der Waals surface area contributed by atoms with E-state index in [0.717, 1.165) is 48.6 Å². The van der Waals surface area contributed by atoms with Crippen LogP contribution in [0.2, 0.25) is 0 Å². The number of halogens is 1. The number of piperidine rings is 1. The fourth-order valence-electron chi connectivity index (χ4n) is 5.22. The van der Waals surface area contributed by atoms with Gasteiger partial charge in [0.1, 0.15) is 5.82 Å². The normalized spacial score (nSPS) is 15.0. The number of phenols is 1. The van der Waals surface area contributed by atoms with Crippen molar-refractivity contribution in [3.05, 3.63) is 77.5 Å². The third kappa shape index (κ3) is 7.11. The van der Waals surface area contributed by atoms with Crippen LogP contribution in [0.5, 0.6) is 5.75 Å². The molecule has 1 aliphatic rings. The van der Waals surface area contributed by atoms with Crippen molar-refractivity contribution in [1.82, 2.24) is 19.8 Å². The first-order valence-corrected chi connectivity index (χ1v) is 13.4. The summed E-state index contributed by atoms with van der Waals surface area (Å²) in [4.78, 5) is 14.5. The van der Waals surface area contributed by atoms with Crippen LogP contribution in [0.25, 0.3) is 11.3 Å². The Morgan fingerprint density at radius 3 is 2.61 bits per heavy atom. The van der Waals surface area contributed by atoms with Gasteiger partial charge in [0.05, 0.1) is 5.69 Å². The summed E-state index contributed by atoms with van der Waals surface area (Å²) in [6, 6.07) is 15.9. The number of rotatable bonds is 11. The van der Waals surface area contributed by atoms with E-state index in [9.17, 15) is 9.50 Å². The van der Waals surface area contributed by atoms with E-state index < -0.39 is 5.82 Å². The van der Waals surface area contributed by atoms with Crippen LogP contribution < -0.4 is 0 Å². The van der Waals surface area contributed by atoms with E-state index in [0.29, 0.717) is 12.5 Å². The monoisotopic (exact) mass is 490 g/mol. The average molecular weight is 491 g/mol. The Labute approximate surface area is 215 Å². The molecule has 36 heavy (non-hydrogen) atoms. The lowest BCUT2D eigenvalue weighted by Gasteiger charge is -2.38. The Morgan fingerprint density at radius 1 is 1.03 bits per heavy atom. The van der Waals surface area contributed by atoms with Gasteiger partial charge < -0.3 is 10.0 Å². The number of likely N-dealkylation sites (tertiary alicyclic amines) is 1. The smallest absolute Gasteiger partial charge is 0.165 e. The molecule has 0 amide bonds. The van der Waals surface area contributed by atoms with Crippen molar-refractivity contribution in [2.75, 3.05) is 26.2 Å². The van der Waals surface area contributed by atoms with Crippen molar-refractivity contribution in [1.29, 1.82) is 0 Å². The van der Waals surface area contributed by atoms with E-state index >= 15 is 0 Å². The number of aryl methyl sites for hydroxylation is 2. The zero-order chi connectivity index (χ0) is 25.3. The molecule has 2 aromatic carbocycles. The summed E-state index contributed by atoms with van der Waals surface area (Å²) in [7, 11) is 0. The summed E-state index contributed by atoms with van der Waals surface area (Å²) in [6.07, 6.45) is 7.81. The fourth-order valence-corrected chi connectivity index (χ4v) is 5.22. The molecule has 0 spiro atoms. The Bertz CT molecular complexity index is 1110. The molecule has 3 aromatic rings. The number of benzene rings is 2. The van der Waals surface area contributed by atoms with Crippen LogP contribution in [-0.4, -0.2) is 57.1 Å². The number of nitrogens with zero attached hydrogens (tertiary/aromatic N) is 4. The quantitative estimate of drug-likeness (QED) is 0.365. The zero-order valence-electron chi connectivity index (χ0n) is 21.7. The second-order valence-corrected chi connectivity index (χ2v) is 9.83. The lowest BCUT2D eigenvalue weighted by Crippen LogP contribution is -2.44. The van der Waals surface area contributed by atoms with Gasteiger partial charge in [0.15, 0.2) is 11.6 Å². The van der Waals surface area contributed by atoms with Crippen LogP contribution in [0.1, 0.15) is 56.5 Å². The molecule has 1 saturated heterocycles. The van der Waals surface area contributed by atoms with Crippen LogP contribution in [0.3, 0.4) is 0 Å². The summed E-state index contributed by atoms with van der Waals surface area (Å²) in [6.45, 7) is 10.2. The van der Waals surface area contributed by atoms with Crippen molar-refractivity contribution < 1.29 is 9.50 Å². The highest BCUT2D eigenvalue weighted by molar-refractivity contribution is 5.59. The number of phenolic OH excluding ortho intramolecular Hbond substituents is 1. The van der Waals surface area contributed by atoms with Crippen LogP contribution in [0.4, 0.5) is 4.39 Å². The van der Waals surface area contributed by atoms with Gasteiger partial charge in [-0.3, -0.25) is 4.90 Å². The summed E-state index contributed by atoms with van der Waals surface area (Å²) in [5.41, 5.74) is 4.24. The summed E-state index contributed by atoms with van der Waals surface area (Å²) >= 11 is 0. The van der Waals surface area contributed by atoms with Gasteiger partial charge in [0.2, 0.25) is 0 Å². The maximum Gasteiger partial charge on any atom is 0.165 e. The summed E-state index contributed by atoms with van der Waals surface area (Å²) in [5, 5.41) is 9.36. The predicted octanol–water partition coefficient (Wildman–Crippen LogP) is 5.86. The Balaban J connectivity index is 1.36. The molecule has 0 aliphatic carbocycles. The highest BCUT2D eigenvalue weighted by Crippen LogP contribution is 2.23. The lowest BCUT2D eigenvalue weighted by molar-refractivity contribution is 0.107. The maximum atomic E-state index is 13.6.